The second-order valence-corrected chi connectivity index (χ2v) is 9.09. The summed E-state index contributed by atoms with van der Waals surface area (Å²) in [5, 5.41) is 14.9. The molecule has 3 aliphatic heterocycles. The Labute approximate surface area is 204 Å². The molecule has 12 heteroatoms. The Balaban J connectivity index is 1.52. The van der Waals surface area contributed by atoms with Crippen molar-refractivity contribution in [2.45, 2.75) is 75.2 Å². The molecule has 5 atom stereocenters. The Kier molecular flexibility index (Phi) is 7.34. The molecular weight excluding hydrogens is 483 g/mol. The van der Waals surface area contributed by atoms with Crippen molar-refractivity contribution in [1.29, 1.82) is 0 Å². The molecular formula is C24H26F3N3O6. The molecule has 194 valence electrons. The van der Waals surface area contributed by atoms with Gasteiger partial charge in [-0.15, -0.1) is 0 Å². The SMILES string of the molecule is O=C1CC(NC(=O)[C@@H]2CCC[C@@H]3CC=CC[C@H](NC(=O)c4cccc(C(F)(F)F)c4)C(=O)N32)C(O)O1. The van der Waals surface area contributed by atoms with E-state index < -0.39 is 59.8 Å². The second-order valence-electron chi connectivity index (χ2n) is 9.09. The number of nitrogens with one attached hydrogen (secondary N) is 2. The summed E-state index contributed by atoms with van der Waals surface area (Å²) >= 11 is 0. The molecule has 0 aromatic heterocycles. The van der Waals surface area contributed by atoms with Crippen LogP contribution < -0.4 is 10.6 Å². The van der Waals surface area contributed by atoms with Crippen LogP contribution in [0.3, 0.4) is 0 Å². The number of nitrogens with zero attached hydrogens (tertiary/aromatic N) is 1. The summed E-state index contributed by atoms with van der Waals surface area (Å²) in [6.07, 6.45) is -0.506. The zero-order valence-electron chi connectivity index (χ0n) is 19.2. The van der Waals surface area contributed by atoms with Crippen LogP contribution in [0.2, 0.25) is 0 Å². The van der Waals surface area contributed by atoms with Gasteiger partial charge in [0.2, 0.25) is 18.1 Å². The molecule has 0 radical (unpaired) electrons. The number of carbonyl (C=O) groups is 4. The van der Waals surface area contributed by atoms with E-state index in [0.29, 0.717) is 25.7 Å². The van der Waals surface area contributed by atoms with Gasteiger partial charge in [-0.2, -0.15) is 13.2 Å². The maximum Gasteiger partial charge on any atom is 0.416 e. The number of halogens is 3. The predicted molar refractivity (Wildman–Crippen MR) is 118 cm³/mol. The largest absolute Gasteiger partial charge is 0.434 e. The number of rotatable bonds is 4. The first-order valence-electron chi connectivity index (χ1n) is 11.7. The molecule has 9 nitrogen and oxygen atoms in total. The Hall–Kier alpha value is -3.41. The van der Waals surface area contributed by atoms with Crippen molar-refractivity contribution < 1.29 is 42.2 Å². The number of fused-ring (bicyclic) bond motifs is 1. The molecule has 0 spiro atoms. The van der Waals surface area contributed by atoms with Gasteiger partial charge in [0.25, 0.3) is 5.91 Å². The standard InChI is InChI=1S/C24H26F3N3O6/c25-24(26,27)14-6-3-5-13(11-14)20(32)28-16-9-2-1-7-15-8-4-10-18(30(15)22(16)34)21(33)29-17-12-19(31)36-23(17)35/h1-3,5-6,11,15-18,23,35H,4,7-10,12H2,(H,28,32)(H,29,33)/t15-,16-,17?,18-,23?/m0/s1. The highest BCUT2D eigenvalue weighted by Gasteiger charge is 2.43. The van der Waals surface area contributed by atoms with Crippen molar-refractivity contribution in [2.75, 3.05) is 0 Å². The topological polar surface area (TPSA) is 125 Å². The fourth-order valence-electron chi connectivity index (χ4n) is 4.81. The molecule has 36 heavy (non-hydrogen) atoms. The molecule has 0 saturated carbocycles. The third-order valence-corrected chi connectivity index (χ3v) is 6.61. The Morgan fingerprint density at radius 2 is 1.83 bits per heavy atom. The summed E-state index contributed by atoms with van der Waals surface area (Å²) < 4.78 is 43.8. The number of hydrogen-bond acceptors (Lipinski definition) is 6. The fourth-order valence-corrected chi connectivity index (χ4v) is 4.81. The lowest BCUT2D eigenvalue weighted by Gasteiger charge is -2.43. The van der Waals surface area contributed by atoms with E-state index in [1.807, 2.05) is 6.08 Å². The number of alkyl halides is 3. The van der Waals surface area contributed by atoms with E-state index in [1.165, 1.54) is 11.0 Å². The van der Waals surface area contributed by atoms with E-state index in [0.717, 1.165) is 18.2 Å². The van der Waals surface area contributed by atoms with Crippen molar-refractivity contribution in [3.63, 3.8) is 0 Å². The molecule has 1 aromatic rings. The van der Waals surface area contributed by atoms with Gasteiger partial charge in [-0.1, -0.05) is 18.2 Å². The summed E-state index contributed by atoms with van der Waals surface area (Å²) in [6.45, 7) is 0. The third kappa shape index (κ3) is 5.53. The van der Waals surface area contributed by atoms with E-state index in [9.17, 15) is 37.5 Å². The first-order chi connectivity index (χ1) is 17.0. The van der Waals surface area contributed by atoms with E-state index in [2.05, 4.69) is 15.4 Å². The van der Waals surface area contributed by atoms with Gasteiger partial charge in [0.1, 0.15) is 18.1 Å². The summed E-state index contributed by atoms with van der Waals surface area (Å²) in [4.78, 5) is 52.3. The van der Waals surface area contributed by atoms with Crippen LogP contribution >= 0.6 is 0 Å². The van der Waals surface area contributed by atoms with Gasteiger partial charge in [0.05, 0.1) is 12.0 Å². The lowest BCUT2D eigenvalue weighted by Crippen LogP contribution is -2.62. The van der Waals surface area contributed by atoms with Gasteiger partial charge in [0.15, 0.2) is 0 Å². The number of piperidine rings is 1. The average molecular weight is 509 g/mol. The normalized spacial score (nSPS) is 28.6. The molecule has 0 aliphatic carbocycles. The monoisotopic (exact) mass is 509 g/mol. The summed E-state index contributed by atoms with van der Waals surface area (Å²) in [5.74, 6) is -2.57. The first kappa shape index (κ1) is 25.7. The van der Waals surface area contributed by atoms with Crippen molar-refractivity contribution in [1.82, 2.24) is 15.5 Å². The Bertz CT molecular complexity index is 1080. The van der Waals surface area contributed by atoms with Crippen molar-refractivity contribution >= 4 is 23.7 Å². The number of aliphatic hydroxyl groups is 1. The number of benzene rings is 1. The fraction of sp³-hybridized carbons (Fsp3) is 0.500. The molecule has 3 aliphatic rings. The number of cyclic esters (lactones) is 1. The van der Waals surface area contributed by atoms with Crippen LogP contribution in [0.15, 0.2) is 36.4 Å². The van der Waals surface area contributed by atoms with Gasteiger partial charge in [0, 0.05) is 11.6 Å². The number of aliphatic hydroxyl groups excluding tert-OH is 1. The van der Waals surface area contributed by atoms with E-state index in [4.69, 9.17) is 0 Å². The molecule has 1 aromatic carbocycles. The van der Waals surface area contributed by atoms with E-state index in [1.54, 1.807) is 6.08 Å². The number of carbonyl (C=O) groups excluding carboxylic acids is 4. The van der Waals surface area contributed by atoms with Crippen LogP contribution in [0.1, 0.15) is 54.4 Å². The first-order valence-corrected chi connectivity index (χ1v) is 11.7. The van der Waals surface area contributed by atoms with E-state index in [-0.39, 0.29) is 24.4 Å². The third-order valence-electron chi connectivity index (χ3n) is 6.61. The number of ether oxygens (including phenoxy) is 1. The van der Waals surface area contributed by atoms with Crippen LogP contribution in [-0.4, -0.2) is 64.2 Å². The predicted octanol–water partition coefficient (Wildman–Crippen LogP) is 1.65. The van der Waals surface area contributed by atoms with Crippen LogP contribution in [0, 0.1) is 0 Å². The van der Waals surface area contributed by atoms with Crippen LogP contribution in [0.25, 0.3) is 0 Å². The smallest absolute Gasteiger partial charge is 0.416 e. The van der Waals surface area contributed by atoms with Crippen molar-refractivity contribution in [3.05, 3.63) is 47.5 Å². The van der Waals surface area contributed by atoms with Gasteiger partial charge in [-0.25, -0.2) is 0 Å². The molecule has 2 fully saturated rings. The van der Waals surface area contributed by atoms with Gasteiger partial charge < -0.3 is 25.4 Å². The summed E-state index contributed by atoms with van der Waals surface area (Å²) in [7, 11) is 0. The van der Waals surface area contributed by atoms with Crippen molar-refractivity contribution in [2.24, 2.45) is 0 Å². The van der Waals surface area contributed by atoms with Crippen LogP contribution in [-0.2, 0) is 25.3 Å². The quantitative estimate of drug-likeness (QED) is 0.419. The second kappa shape index (κ2) is 10.3. The maximum absolute atomic E-state index is 13.6. The van der Waals surface area contributed by atoms with Crippen LogP contribution in [0.5, 0.6) is 0 Å². The van der Waals surface area contributed by atoms with Crippen LogP contribution in [0.4, 0.5) is 13.2 Å². The number of amides is 3. The minimum Gasteiger partial charge on any atom is -0.434 e. The Morgan fingerprint density at radius 1 is 1.08 bits per heavy atom. The zero-order chi connectivity index (χ0) is 26.0. The van der Waals surface area contributed by atoms with E-state index >= 15 is 0 Å². The maximum atomic E-state index is 13.6. The number of hydrogen-bond donors (Lipinski definition) is 3. The molecule has 3 heterocycles. The highest BCUT2D eigenvalue weighted by molar-refractivity contribution is 5.99. The van der Waals surface area contributed by atoms with Crippen molar-refractivity contribution in [3.8, 4) is 0 Å². The van der Waals surface area contributed by atoms with Gasteiger partial charge in [-0.05, 0) is 50.3 Å². The molecule has 2 unspecified atom stereocenters. The van der Waals surface area contributed by atoms with Gasteiger partial charge in [-0.3, -0.25) is 19.2 Å². The number of esters is 1. The molecule has 2 saturated heterocycles. The average Bonchev–Trinajstić information content (AvgIpc) is 3.14. The summed E-state index contributed by atoms with van der Waals surface area (Å²) in [6, 6.07) is 0.648. The molecule has 4 rings (SSSR count). The lowest BCUT2D eigenvalue weighted by atomic mass is 9.90. The highest BCUT2D eigenvalue weighted by atomic mass is 19.4. The lowest BCUT2D eigenvalue weighted by molar-refractivity contribution is -0.156. The molecule has 0 bridgehead atoms. The Morgan fingerprint density at radius 3 is 2.53 bits per heavy atom. The minimum absolute atomic E-state index is 0.102. The molecule has 3 amide bonds. The van der Waals surface area contributed by atoms with Gasteiger partial charge >= 0.3 is 12.1 Å². The molecule has 3 N–H and O–H groups in total. The minimum atomic E-state index is -4.63. The zero-order valence-corrected chi connectivity index (χ0v) is 19.2. The highest BCUT2D eigenvalue weighted by Crippen LogP contribution is 2.31. The summed E-state index contributed by atoms with van der Waals surface area (Å²) in [5.41, 5.74) is -1.23.